The van der Waals surface area contributed by atoms with Gasteiger partial charge in [0.1, 0.15) is 0 Å². The third kappa shape index (κ3) is 2.35. The summed E-state index contributed by atoms with van der Waals surface area (Å²) in [4.78, 5) is 12.9. The molecule has 2 aliphatic rings. The summed E-state index contributed by atoms with van der Waals surface area (Å²) in [6, 6.07) is 0.0703. The van der Waals surface area contributed by atoms with Gasteiger partial charge in [0.2, 0.25) is 6.04 Å². The number of nitro groups is 1. The summed E-state index contributed by atoms with van der Waals surface area (Å²) in [7, 11) is 4.19. The average Bonchev–Trinajstić information content (AvgIpc) is 2.60. The van der Waals surface area contributed by atoms with Gasteiger partial charge in [-0.2, -0.15) is 0 Å². The Kier molecular flexibility index (Phi) is 3.44. The first kappa shape index (κ1) is 11.8. The van der Waals surface area contributed by atoms with E-state index in [1.54, 1.807) is 0 Å². The minimum Gasteiger partial charge on any atom is -0.313 e. The molecule has 4 unspecified atom stereocenters. The van der Waals surface area contributed by atoms with E-state index in [1.807, 2.05) is 0 Å². The maximum absolute atomic E-state index is 10.8. The van der Waals surface area contributed by atoms with Crippen LogP contribution in [0.5, 0.6) is 0 Å². The molecule has 1 heterocycles. The normalized spacial score (nSPS) is 38.7. The van der Waals surface area contributed by atoms with Gasteiger partial charge in [-0.25, -0.2) is 0 Å². The van der Waals surface area contributed by atoms with E-state index in [1.165, 1.54) is 0 Å². The minimum atomic E-state index is -0.313. The second-order valence-electron chi connectivity index (χ2n) is 5.45. The van der Waals surface area contributed by atoms with Crippen molar-refractivity contribution in [2.75, 3.05) is 27.2 Å². The number of nitrogens with zero attached hydrogens (tertiary/aromatic N) is 2. The van der Waals surface area contributed by atoms with Crippen molar-refractivity contribution in [3.8, 4) is 0 Å². The Bertz CT molecular complexity index is 270. The quantitative estimate of drug-likeness (QED) is 0.566. The molecule has 0 spiro atoms. The highest BCUT2D eigenvalue weighted by Crippen LogP contribution is 2.35. The lowest BCUT2D eigenvalue weighted by Gasteiger charge is -2.31. The van der Waals surface area contributed by atoms with Crippen LogP contribution in [0.1, 0.15) is 19.3 Å². The van der Waals surface area contributed by atoms with Gasteiger partial charge in [-0.15, -0.1) is 0 Å². The topological polar surface area (TPSA) is 58.4 Å². The molecule has 0 amide bonds. The van der Waals surface area contributed by atoms with E-state index in [0.29, 0.717) is 17.9 Å². The first-order chi connectivity index (χ1) is 7.58. The van der Waals surface area contributed by atoms with E-state index in [0.717, 1.165) is 32.4 Å². The van der Waals surface area contributed by atoms with Gasteiger partial charge in [-0.3, -0.25) is 10.1 Å². The Morgan fingerprint density at radius 1 is 1.44 bits per heavy atom. The summed E-state index contributed by atoms with van der Waals surface area (Å²) in [5.41, 5.74) is 0. The fourth-order valence-corrected chi connectivity index (χ4v) is 3.29. The fourth-order valence-electron chi connectivity index (χ4n) is 3.29. The predicted octanol–water partition coefficient (Wildman–Crippen LogP) is 0.581. The van der Waals surface area contributed by atoms with Crippen molar-refractivity contribution in [3.05, 3.63) is 10.1 Å². The Labute approximate surface area is 96.3 Å². The number of nitrogens with one attached hydrogen (secondary N) is 1. The van der Waals surface area contributed by atoms with Gasteiger partial charge < -0.3 is 10.2 Å². The maximum Gasteiger partial charge on any atom is 0.214 e. The highest BCUT2D eigenvalue weighted by Gasteiger charge is 2.43. The van der Waals surface area contributed by atoms with Crippen molar-refractivity contribution in [1.82, 2.24) is 10.2 Å². The van der Waals surface area contributed by atoms with Crippen molar-refractivity contribution >= 4 is 0 Å². The molecule has 2 rings (SSSR count). The van der Waals surface area contributed by atoms with Crippen LogP contribution in [0.3, 0.4) is 0 Å². The second kappa shape index (κ2) is 4.67. The molecule has 0 bridgehead atoms. The lowest BCUT2D eigenvalue weighted by atomic mass is 9.78. The zero-order valence-electron chi connectivity index (χ0n) is 10.1. The molecule has 16 heavy (non-hydrogen) atoms. The van der Waals surface area contributed by atoms with Crippen LogP contribution in [0.25, 0.3) is 0 Å². The van der Waals surface area contributed by atoms with E-state index in [2.05, 4.69) is 24.3 Å². The molecule has 5 nitrogen and oxygen atoms in total. The van der Waals surface area contributed by atoms with Gasteiger partial charge in [0.15, 0.2) is 0 Å². The van der Waals surface area contributed by atoms with Crippen LogP contribution in [0.2, 0.25) is 0 Å². The molecule has 4 atom stereocenters. The third-order valence-electron chi connectivity index (χ3n) is 4.02. The molecule has 1 aliphatic carbocycles. The number of rotatable bonds is 3. The molecule has 92 valence electrons. The molecule has 1 aliphatic heterocycles. The van der Waals surface area contributed by atoms with Crippen LogP contribution in [0.4, 0.5) is 0 Å². The zero-order chi connectivity index (χ0) is 11.7. The summed E-state index contributed by atoms with van der Waals surface area (Å²) < 4.78 is 0. The van der Waals surface area contributed by atoms with Crippen molar-refractivity contribution in [3.63, 3.8) is 0 Å². The summed E-state index contributed by atoms with van der Waals surface area (Å²) in [6.45, 7) is 2.12. The summed E-state index contributed by atoms with van der Waals surface area (Å²) in [5.74, 6) is 1.33. The molecule has 0 radical (unpaired) electrons. The number of hydrogen-bond donors (Lipinski definition) is 1. The van der Waals surface area contributed by atoms with E-state index < -0.39 is 0 Å². The van der Waals surface area contributed by atoms with Crippen LogP contribution >= 0.6 is 0 Å². The Balaban J connectivity index is 1.93. The smallest absolute Gasteiger partial charge is 0.214 e. The standard InChI is InChI=1S/C11H21N3O2/c1-13(2)7-8-6-12-11-5-9(14(15)16)3-4-10(8)11/h8-12H,3-7H2,1-2H3. The summed E-state index contributed by atoms with van der Waals surface area (Å²) in [5, 5.41) is 14.2. The van der Waals surface area contributed by atoms with Crippen LogP contribution in [-0.4, -0.2) is 49.1 Å². The van der Waals surface area contributed by atoms with E-state index in [-0.39, 0.29) is 11.0 Å². The van der Waals surface area contributed by atoms with Crippen molar-refractivity contribution in [2.24, 2.45) is 11.8 Å². The van der Waals surface area contributed by atoms with E-state index in [9.17, 15) is 10.1 Å². The number of fused-ring (bicyclic) bond motifs is 1. The van der Waals surface area contributed by atoms with E-state index >= 15 is 0 Å². The zero-order valence-corrected chi connectivity index (χ0v) is 10.1. The van der Waals surface area contributed by atoms with Crippen molar-refractivity contribution < 1.29 is 4.92 Å². The SMILES string of the molecule is CN(C)CC1CNC2CC([N+](=O)[O-])CCC12. The molecule has 5 heteroatoms. The third-order valence-corrected chi connectivity index (χ3v) is 4.02. The Morgan fingerprint density at radius 3 is 2.81 bits per heavy atom. The first-order valence-corrected chi connectivity index (χ1v) is 6.09. The summed E-state index contributed by atoms with van der Waals surface area (Å²) >= 11 is 0. The van der Waals surface area contributed by atoms with Gasteiger partial charge in [-0.1, -0.05) is 0 Å². The molecule has 0 aromatic rings. The number of hydrogen-bond acceptors (Lipinski definition) is 4. The van der Waals surface area contributed by atoms with Gasteiger partial charge >= 0.3 is 0 Å². The lowest BCUT2D eigenvalue weighted by molar-refractivity contribution is -0.527. The predicted molar refractivity (Wildman–Crippen MR) is 62.0 cm³/mol. The Hall–Kier alpha value is -0.680. The van der Waals surface area contributed by atoms with Crippen LogP contribution in [-0.2, 0) is 0 Å². The largest absolute Gasteiger partial charge is 0.313 e. The molecule has 1 N–H and O–H groups in total. The van der Waals surface area contributed by atoms with Crippen LogP contribution < -0.4 is 5.32 Å². The monoisotopic (exact) mass is 227 g/mol. The maximum atomic E-state index is 10.8. The first-order valence-electron chi connectivity index (χ1n) is 6.09. The van der Waals surface area contributed by atoms with Crippen LogP contribution in [0, 0.1) is 22.0 Å². The van der Waals surface area contributed by atoms with Gasteiger partial charge in [-0.05, 0) is 38.9 Å². The summed E-state index contributed by atoms with van der Waals surface area (Å²) in [6.07, 6.45) is 2.50. The fraction of sp³-hybridized carbons (Fsp3) is 1.00. The van der Waals surface area contributed by atoms with Crippen LogP contribution in [0.15, 0.2) is 0 Å². The molecular formula is C11H21N3O2. The van der Waals surface area contributed by atoms with Gasteiger partial charge in [0.25, 0.3) is 0 Å². The highest BCUT2D eigenvalue weighted by atomic mass is 16.6. The highest BCUT2D eigenvalue weighted by molar-refractivity contribution is 4.95. The lowest BCUT2D eigenvalue weighted by Crippen LogP contribution is -2.40. The van der Waals surface area contributed by atoms with Gasteiger partial charge in [0, 0.05) is 30.4 Å². The molecule has 0 aromatic heterocycles. The second-order valence-corrected chi connectivity index (χ2v) is 5.45. The molecular weight excluding hydrogens is 206 g/mol. The van der Waals surface area contributed by atoms with Crippen molar-refractivity contribution in [2.45, 2.75) is 31.3 Å². The molecule has 0 aromatic carbocycles. The average molecular weight is 227 g/mol. The van der Waals surface area contributed by atoms with E-state index in [4.69, 9.17) is 0 Å². The Morgan fingerprint density at radius 2 is 2.19 bits per heavy atom. The minimum absolute atomic E-state index is 0.100. The van der Waals surface area contributed by atoms with Gasteiger partial charge in [0.05, 0.1) is 0 Å². The molecule has 1 saturated carbocycles. The molecule has 1 saturated heterocycles. The van der Waals surface area contributed by atoms with Crippen molar-refractivity contribution in [1.29, 1.82) is 0 Å². The molecule has 2 fully saturated rings.